The second-order valence-electron chi connectivity index (χ2n) is 6.34. The van der Waals surface area contributed by atoms with E-state index in [1.54, 1.807) is 0 Å². The highest BCUT2D eigenvalue weighted by Gasteiger charge is 2.46. The van der Waals surface area contributed by atoms with Gasteiger partial charge in [-0.25, -0.2) is 0 Å². The molecule has 0 bridgehead atoms. The van der Waals surface area contributed by atoms with Crippen LogP contribution in [0.4, 0.5) is 0 Å². The van der Waals surface area contributed by atoms with Crippen molar-refractivity contribution in [1.29, 1.82) is 0 Å². The number of hydrogen-bond acceptors (Lipinski definition) is 2. The van der Waals surface area contributed by atoms with Gasteiger partial charge in [-0.05, 0) is 32.3 Å². The second kappa shape index (κ2) is 5.64. The van der Waals surface area contributed by atoms with E-state index in [1.807, 2.05) is 6.92 Å². The van der Waals surface area contributed by atoms with Crippen molar-refractivity contribution in [3.63, 3.8) is 0 Å². The Hall–Kier alpha value is -0.860. The van der Waals surface area contributed by atoms with Crippen LogP contribution < -0.4 is 5.73 Å². The largest absolute Gasteiger partial charge is 0.385 e. The molecule has 1 aliphatic rings. The number of hydrogen-bond donors (Lipinski definition) is 2. The van der Waals surface area contributed by atoms with Gasteiger partial charge in [0.1, 0.15) is 0 Å². The lowest BCUT2D eigenvalue weighted by molar-refractivity contribution is -0.0814. The Labute approximate surface area is 117 Å². The van der Waals surface area contributed by atoms with E-state index in [-0.39, 0.29) is 5.41 Å². The monoisotopic (exact) mass is 261 g/mol. The normalized spacial score (nSPS) is 22.5. The fraction of sp³-hybridized carbons (Fsp3) is 0.647. The van der Waals surface area contributed by atoms with Gasteiger partial charge < -0.3 is 10.8 Å². The van der Waals surface area contributed by atoms with Crippen LogP contribution in [0.25, 0.3) is 0 Å². The van der Waals surface area contributed by atoms with Gasteiger partial charge in [0.25, 0.3) is 0 Å². The summed E-state index contributed by atoms with van der Waals surface area (Å²) >= 11 is 0. The first-order valence-corrected chi connectivity index (χ1v) is 7.51. The smallest absolute Gasteiger partial charge is 0.0936 e. The second-order valence-corrected chi connectivity index (χ2v) is 6.34. The van der Waals surface area contributed by atoms with Gasteiger partial charge in [-0.3, -0.25) is 0 Å². The number of aryl methyl sites for hydroxylation is 1. The zero-order chi connectivity index (χ0) is 13.9. The molecule has 2 nitrogen and oxygen atoms in total. The van der Waals surface area contributed by atoms with Crippen LogP contribution in [-0.4, -0.2) is 11.7 Å². The molecule has 1 aromatic carbocycles. The highest BCUT2D eigenvalue weighted by molar-refractivity contribution is 5.28. The number of nitrogens with two attached hydrogens (primary N) is 1. The number of benzene rings is 1. The van der Waals surface area contributed by atoms with Crippen molar-refractivity contribution in [2.45, 2.75) is 58.0 Å². The van der Waals surface area contributed by atoms with E-state index >= 15 is 0 Å². The summed E-state index contributed by atoms with van der Waals surface area (Å²) < 4.78 is 0. The van der Waals surface area contributed by atoms with E-state index in [0.717, 1.165) is 18.4 Å². The van der Waals surface area contributed by atoms with E-state index in [1.165, 1.54) is 31.2 Å². The summed E-state index contributed by atoms with van der Waals surface area (Å²) in [5, 5.41) is 11.2. The van der Waals surface area contributed by atoms with Gasteiger partial charge in [0.15, 0.2) is 0 Å². The zero-order valence-electron chi connectivity index (χ0n) is 12.3. The lowest BCUT2D eigenvalue weighted by Crippen LogP contribution is -2.48. The van der Waals surface area contributed by atoms with Gasteiger partial charge in [0, 0.05) is 12.0 Å². The SMILES string of the molecule is Cc1ccc(C(C)(O)C2(CN)CCCCCC2)cc1. The van der Waals surface area contributed by atoms with Crippen molar-refractivity contribution in [3.05, 3.63) is 35.4 Å². The Bertz CT molecular complexity index is 400. The molecule has 1 saturated carbocycles. The molecule has 2 heteroatoms. The summed E-state index contributed by atoms with van der Waals surface area (Å²) in [5.74, 6) is 0. The topological polar surface area (TPSA) is 46.2 Å². The van der Waals surface area contributed by atoms with E-state index in [9.17, 15) is 5.11 Å². The summed E-state index contributed by atoms with van der Waals surface area (Å²) in [5.41, 5.74) is 7.33. The van der Waals surface area contributed by atoms with Crippen LogP contribution in [0, 0.1) is 12.3 Å². The average molecular weight is 261 g/mol. The van der Waals surface area contributed by atoms with Crippen LogP contribution in [0.2, 0.25) is 0 Å². The Kier molecular flexibility index (Phi) is 4.32. The molecule has 1 unspecified atom stereocenters. The maximum atomic E-state index is 11.2. The minimum absolute atomic E-state index is 0.168. The van der Waals surface area contributed by atoms with Crippen molar-refractivity contribution < 1.29 is 5.11 Å². The standard InChI is InChI=1S/C17H27NO/c1-14-7-9-15(10-8-14)16(2,19)17(13-18)11-5-3-4-6-12-17/h7-10,19H,3-6,11-13,18H2,1-2H3. The van der Waals surface area contributed by atoms with Crippen LogP contribution in [0.15, 0.2) is 24.3 Å². The van der Waals surface area contributed by atoms with Crippen molar-refractivity contribution >= 4 is 0 Å². The quantitative estimate of drug-likeness (QED) is 0.818. The third-order valence-corrected chi connectivity index (χ3v) is 5.10. The first-order chi connectivity index (χ1) is 9.02. The van der Waals surface area contributed by atoms with Gasteiger partial charge in [-0.1, -0.05) is 55.5 Å². The molecule has 3 N–H and O–H groups in total. The van der Waals surface area contributed by atoms with E-state index in [0.29, 0.717) is 6.54 Å². The van der Waals surface area contributed by atoms with Crippen LogP contribution in [0.3, 0.4) is 0 Å². The zero-order valence-corrected chi connectivity index (χ0v) is 12.3. The predicted octanol–water partition coefficient (Wildman–Crippen LogP) is 3.50. The number of rotatable bonds is 3. The maximum Gasteiger partial charge on any atom is 0.0936 e. The molecule has 0 aliphatic heterocycles. The molecule has 0 radical (unpaired) electrons. The Morgan fingerprint density at radius 3 is 2.11 bits per heavy atom. The molecule has 0 saturated heterocycles. The molecule has 0 heterocycles. The first kappa shape index (κ1) is 14.5. The molecule has 1 atom stereocenters. The molecule has 0 amide bonds. The highest BCUT2D eigenvalue weighted by Crippen LogP contribution is 2.48. The molecule has 19 heavy (non-hydrogen) atoms. The molecule has 106 valence electrons. The summed E-state index contributed by atoms with van der Waals surface area (Å²) in [7, 11) is 0. The van der Waals surface area contributed by atoms with Crippen molar-refractivity contribution in [1.82, 2.24) is 0 Å². The first-order valence-electron chi connectivity index (χ1n) is 7.51. The molecule has 2 rings (SSSR count). The van der Waals surface area contributed by atoms with E-state index in [4.69, 9.17) is 5.73 Å². The fourth-order valence-electron chi connectivity index (χ4n) is 3.48. The van der Waals surface area contributed by atoms with Gasteiger partial charge in [-0.2, -0.15) is 0 Å². The van der Waals surface area contributed by atoms with Crippen LogP contribution in [-0.2, 0) is 5.60 Å². The molecule has 0 spiro atoms. The molecule has 0 aromatic heterocycles. The molecule has 1 aromatic rings. The number of aliphatic hydroxyl groups is 1. The molecular weight excluding hydrogens is 234 g/mol. The average Bonchev–Trinajstić information content (AvgIpc) is 2.65. The maximum absolute atomic E-state index is 11.2. The summed E-state index contributed by atoms with van der Waals surface area (Å²) in [6, 6.07) is 8.25. The van der Waals surface area contributed by atoms with Crippen LogP contribution in [0.5, 0.6) is 0 Å². The minimum atomic E-state index is -0.834. The van der Waals surface area contributed by atoms with E-state index < -0.39 is 5.60 Å². The third-order valence-electron chi connectivity index (χ3n) is 5.10. The summed E-state index contributed by atoms with van der Waals surface area (Å²) in [4.78, 5) is 0. The summed E-state index contributed by atoms with van der Waals surface area (Å²) in [6.07, 6.45) is 6.96. The third kappa shape index (κ3) is 2.70. The lowest BCUT2D eigenvalue weighted by atomic mass is 9.65. The van der Waals surface area contributed by atoms with Crippen LogP contribution >= 0.6 is 0 Å². The van der Waals surface area contributed by atoms with Crippen LogP contribution in [0.1, 0.15) is 56.6 Å². The van der Waals surface area contributed by atoms with Crippen molar-refractivity contribution in [2.75, 3.05) is 6.54 Å². The highest BCUT2D eigenvalue weighted by atomic mass is 16.3. The Morgan fingerprint density at radius 1 is 1.11 bits per heavy atom. The van der Waals surface area contributed by atoms with E-state index in [2.05, 4.69) is 31.2 Å². The fourth-order valence-corrected chi connectivity index (χ4v) is 3.48. The predicted molar refractivity (Wildman–Crippen MR) is 79.9 cm³/mol. The summed E-state index contributed by atoms with van der Waals surface area (Å²) in [6.45, 7) is 4.59. The van der Waals surface area contributed by atoms with Gasteiger partial charge >= 0.3 is 0 Å². The molecular formula is C17H27NO. The van der Waals surface area contributed by atoms with Gasteiger partial charge in [0.2, 0.25) is 0 Å². The minimum Gasteiger partial charge on any atom is -0.385 e. The molecule has 1 aliphatic carbocycles. The molecule has 1 fully saturated rings. The van der Waals surface area contributed by atoms with Gasteiger partial charge in [0.05, 0.1) is 5.60 Å². The van der Waals surface area contributed by atoms with Gasteiger partial charge in [-0.15, -0.1) is 0 Å². The lowest BCUT2D eigenvalue weighted by Gasteiger charge is -2.45. The van der Waals surface area contributed by atoms with Crippen molar-refractivity contribution in [3.8, 4) is 0 Å². The Morgan fingerprint density at radius 2 is 1.63 bits per heavy atom. The Balaban J connectivity index is 2.36. The van der Waals surface area contributed by atoms with Crippen molar-refractivity contribution in [2.24, 2.45) is 11.1 Å².